The van der Waals surface area contributed by atoms with E-state index < -0.39 is 5.97 Å². The van der Waals surface area contributed by atoms with Crippen molar-refractivity contribution in [2.75, 3.05) is 13.2 Å². The highest BCUT2D eigenvalue weighted by molar-refractivity contribution is 6.08. The third-order valence-corrected chi connectivity index (χ3v) is 5.09. The molecule has 0 saturated heterocycles. The lowest BCUT2D eigenvalue weighted by Crippen LogP contribution is -2.15. The first kappa shape index (κ1) is 19.2. The van der Waals surface area contributed by atoms with Crippen LogP contribution in [0.25, 0.3) is 27.3 Å². The van der Waals surface area contributed by atoms with Gasteiger partial charge in [0.15, 0.2) is 5.36 Å². The van der Waals surface area contributed by atoms with Crippen molar-refractivity contribution < 1.29 is 14.4 Å². The summed E-state index contributed by atoms with van der Waals surface area (Å²) in [5.41, 5.74) is 2.70. The molecule has 6 heteroatoms. The Bertz CT molecular complexity index is 1180. The van der Waals surface area contributed by atoms with Gasteiger partial charge in [0, 0.05) is 17.8 Å². The van der Waals surface area contributed by atoms with E-state index in [4.69, 9.17) is 9.57 Å². The van der Waals surface area contributed by atoms with Gasteiger partial charge in [0.05, 0.1) is 17.6 Å². The zero-order valence-electron chi connectivity index (χ0n) is 16.6. The van der Waals surface area contributed by atoms with E-state index in [-0.39, 0.29) is 6.61 Å². The predicted molar refractivity (Wildman–Crippen MR) is 113 cm³/mol. The predicted octanol–water partition coefficient (Wildman–Crippen LogP) is 4.42. The smallest absolute Gasteiger partial charge is 0.347 e. The van der Waals surface area contributed by atoms with Crippen molar-refractivity contribution in [2.45, 2.75) is 39.0 Å². The third kappa shape index (κ3) is 4.01. The minimum Gasteiger partial charge on any atom is -0.463 e. The normalized spacial score (nSPS) is 12.2. The first-order valence-electron chi connectivity index (χ1n) is 10.2. The molecule has 4 rings (SSSR count). The molecule has 150 valence electrons. The maximum absolute atomic E-state index is 11.9. The summed E-state index contributed by atoms with van der Waals surface area (Å²) in [6, 6.07) is 12.0. The highest BCUT2D eigenvalue weighted by atomic mass is 16.6. The van der Waals surface area contributed by atoms with Crippen molar-refractivity contribution in [3.63, 3.8) is 0 Å². The molecule has 1 aromatic carbocycles. The lowest BCUT2D eigenvalue weighted by Gasteiger charge is -2.09. The molecule has 0 fully saturated rings. The molecule has 0 amide bonds. The molecule has 0 unspecified atom stereocenters. The van der Waals surface area contributed by atoms with Gasteiger partial charge >= 0.3 is 5.97 Å². The number of hydrogen-bond donors (Lipinski definition) is 0. The van der Waals surface area contributed by atoms with Gasteiger partial charge in [-0.3, -0.25) is 4.98 Å². The summed E-state index contributed by atoms with van der Waals surface area (Å²) in [6.07, 6.45) is 9.32. The minimum atomic E-state index is -0.400. The Morgan fingerprint density at radius 3 is 2.83 bits per heavy atom. The van der Waals surface area contributed by atoms with Crippen LogP contribution >= 0.6 is 0 Å². The van der Waals surface area contributed by atoms with Crippen molar-refractivity contribution in [2.24, 2.45) is 5.16 Å². The molecular weight excluding hydrogens is 366 g/mol. The second-order valence-corrected chi connectivity index (χ2v) is 7.15. The van der Waals surface area contributed by atoms with Crippen molar-refractivity contribution in [3.05, 3.63) is 54.1 Å². The summed E-state index contributed by atoms with van der Waals surface area (Å²) in [7, 11) is 0. The van der Waals surface area contributed by atoms with Crippen molar-refractivity contribution >= 4 is 33.3 Å². The highest BCUT2D eigenvalue weighted by Crippen LogP contribution is 2.24. The molecule has 0 aliphatic rings. The second-order valence-electron chi connectivity index (χ2n) is 7.15. The number of ether oxygens (including phenoxy) is 1. The highest BCUT2D eigenvalue weighted by Gasteiger charge is 2.12. The Balaban J connectivity index is 1.52. The standard InChI is InChI=1S/C23H25N3O3/c1-2-3-4-5-6-15-28-20(27)16-29-25-22-19-11-8-14-26(19)18-10-7-9-17-12-13-24-23(22)21(17)18/h7-14H,2-6,15-16H2,1H3/b25-22+. The largest absolute Gasteiger partial charge is 0.463 e. The SMILES string of the molecule is CCCCCCCOC(=O)CO/N=c1/c2nccc3cccc(c32)n2cccc12. The Morgan fingerprint density at radius 1 is 1.07 bits per heavy atom. The van der Waals surface area contributed by atoms with Crippen LogP contribution in [0.15, 0.2) is 53.9 Å². The Kier molecular flexibility index (Phi) is 5.89. The molecule has 0 radical (unpaired) electrons. The number of rotatable bonds is 9. The first-order chi connectivity index (χ1) is 14.3. The summed E-state index contributed by atoms with van der Waals surface area (Å²) in [5, 5.41) is 6.99. The number of aromatic nitrogens is 2. The van der Waals surface area contributed by atoms with E-state index in [1.165, 1.54) is 19.3 Å². The fraction of sp³-hybridized carbons (Fsp3) is 0.348. The average Bonchev–Trinajstić information content (AvgIpc) is 3.23. The molecule has 29 heavy (non-hydrogen) atoms. The fourth-order valence-corrected chi connectivity index (χ4v) is 3.67. The maximum atomic E-state index is 11.9. The van der Waals surface area contributed by atoms with Crippen LogP contribution in [-0.4, -0.2) is 28.6 Å². The average molecular weight is 391 g/mol. The van der Waals surface area contributed by atoms with Gasteiger partial charge in [0.1, 0.15) is 5.52 Å². The number of esters is 1. The number of unbranched alkanes of at least 4 members (excludes halogenated alkanes) is 4. The molecule has 0 spiro atoms. The van der Waals surface area contributed by atoms with Crippen LogP contribution in [0.1, 0.15) is 39.0 Å². The molecule has 4 aromatic rings. The Labute approximate surface area is 169 Å². The number of hydrogen-bond acceptors (Lipinski definition) is 5. The van der Waals surface area contributed by atoms with Gasteiger partial charge in [-0.1, -0.05) is 49.9 Å². The number of fused-ring (bicyclic) bond motifs is 2. The summed E-state index contributed by atoms with van der Waals surface area (Å²) in [6.45, 7) is 2.40. The second kappa shape index (κ2) is 8.90. The topological polar surface area (TPSA) is 65.2 Å². The molecule has 3 aromatic heterocycles. The van der Waals surface area contributed by atoms with E-state index in [9.17, 15) is 4.79 Å². The van der Waals surface area contributed by atoms with Crippen LogP contribution in [0.3, 0.4) is 0 Å². The van der Waals surface area contributed by atoms with E-state index in [1.807, 2.05) is 30.5 Å². The molecule has 0 saturated carbocycles. The van der Waals surface area contributed by atoms with Gasteiger partial charge < -0.3 is 14.0 Å². The van der Waals surface area contributed by atoms with Gasteiger partial charge in [-0.25, -0.2) is 4.79 Å². The Hall–Kier alpha value is -3.15. The zero-order valence-corrected chi connectivity index (χ0v) is 16.6. The molecule has 0 N–H and O–H groups in total. The summed E-state index contributed by atoms with van der Waals surface area (Å²) in [4.78, 5) is 21.8. The number of pyridine rings is 2. The number of nitrogens with zero attached hydrogens (tertiary/aromatic N) is 3. The van der Waals surface area contributed by atoms with Crippen LogP contribution in [0, 0.1) is 0 Å². The van der Waals surface area contributed by atoms with E-state index in [0.29, 0.717) is 12.0 Å². The molecule has 0 atom stereocenters. The molecule has 0 aliphatic carbocycles. The van der Waals surface area contributed by atoms with E-state index in [1.54, 1.807) is 6.20 Å². The molecule has 0 aliphatic heterocycles. The molecular formula is C23H25N3O3. The van der Waals surface area contributed by atoms with Gasteiger partial charge in [-0.2, -0.15) is 0 Å². The number of carbonyl (C=O) groups is 1. The summed E-state index contributed by atoms with van der Waals surface area (Å²) >= 11 is 0. The van der Waals surface area contributed by atoms with E-state index >= 15 is 0 Å². The summed E-state index contributed by atoms with van der Waals surface area (Å²) in [5.74, 6) is -0.400. The molecule has 0 bridgehead atoms. The van der Waals surface area contributed by atoms with Gasteiger partial charge in [-0.05, 0) is 36.1 Å². The maximum Gasteiger partial charge on any atom is 0.347 e. The van der Waals surface area contributed by atoms with Gasteiger partial charge in [-0.15, -0.1) is 0 Å². The first-order valence-corrected chi connectivity index (χ1v) is 10.2. The van der Waals surface area contributed by atoms with Gasteiger partial charge in [0.25, 0.3) is 0 Å². The number of benzene rings is 1. The van der Waals surface area contributed by atoms with Crippen LogP contribution in [0.2, 0.25) is 0 Å². The van der Waals surface area contributed by atoms with E-state index in [2.05, 4.69) is 33.6 Å². The van der Waals surface area contributed by atoms with Crippen molar-refractivity contribution in [1.29, 1.82) is 0 Å². The third-order valence-electron chi connectivity index (χ3n) is 5.09. The monoisotopic (exact) mass is 391 g/mol. The van der Waals surface area contributed by atoms with Crippen LogP contribution in [0.5, 0.6) is 0 Å². The minimum absolute atomic E-state index is 0.212. The van der Waals surface area contributed by atoms with E-state index in [0.717, 1.165) is 40.2 Å². The quantitative estimate of drug-likeness (QED) is 0.241. The van der Waals surface area contributed by atoms with Crippen molar-refractivity contribution in [1.82, 2.24) is 9.38 Å². The molecule has 3 heterocycles. The van der Waals surface area contributed by atoms with Gasteiger partial charge in [0.2, 0.25) is 6.61 Å². The van der Waals surface area contributed by atoms with Crippen LogP contribution in [-0.2, 0) is 14.4 Å². The Morgan fingerprint density at radius 2 is 1.93 bits per heavy atom. The lowest BCUT2D eigenvalue weighted by atomic mass is 10.1. The molecule has 6 nitrogen and oxygen atoms in total. The zero-order chi connectivity index (χ0) is 20.1. The lowest BCUT2D eigenvalue weighted by molar-refractivity contribution is -0.149. The summed E-state index contributed by atoms with van der Waals surface area (Å²) < 4.78 is 7.29. The van der Waals surface area contributed by atoms with Crippen molar-refractivity contribution in [3.8, 4) is 0 Å². The van der Waals surface area contributed by atoms with Crippen LogP contribution < -0.4 is 5.36 Å². The number of carbonyl (C=O) groups excluding carboxylic acids is 1. The fourth-order valence-electron chi connectivity index (χ4n) is 3.67. The van der Waals surface area contributed by atoms with Crippen LogP contribution in [0.4, 0.5) is 0 Å².